The quantitative estimate of drug-likeness (QED) is 0.672. The van der Waals surface area contributed by atoms with Crippen molar-refractivity contribution in [3.8, 4) is 0 Å². The zero-order valence-corrected chi connectivity index (χ0v) is 15.3. The summed E-state index contributed by atoms with van der Waals surface area (Å²) in [7, 11) is 0. The molecule has 0 bridgehead atoms. The SMILES string of the molecule is Cc1ccccc1CNc1ccnc(C(=O)NCc2ccccc2Cl)c1. The topological polar surface area (TPSA) is 54.0 Å². The van der Waals surface area contributed by atoms with Gasteiger partial charge in [0, 0.05) is 30.0 Å². The molecule has 0 radical (unpaired) electrons. The highest BCUT2D eigenvalue weighted by Gasteiger charge is 2.09. The average molecular weight is 366 g/mol. The number of rotatable bonds is 6. The molecule has 0 unspecified atom stereocenters. The van der Waals surface area contributed by atoms with Gasteiger partial charge in [-0.2, -0.15) is 0 Å². The summed E-state index contributed by atoms with van der Waals surface area (Å²) in [6.45, 7) is 3.13. The van der Waals surface area contributed by atoms with Crippen molar-refractivity contribution in [1.82, 2.24) is 10.3 Å². The van der Waals surface area contributed by atoms with E-state index in [1.807, 2.05) is 36.4 Å². The maximum Gasteiger partial charge on any atom is 0.270 e. The van der Waals surface area contributed by atoms with Gasteiger partial charge < -0.3 is 10.6 Å². The smallest absolute Gasteiger partial charge is 0.270 e. The monoisotopic (exact) mass is 365 g/mol. The predicted molar refractivity (Wildman–Crippen MR) is 105 cm³/mol. The third-order valence-electron chi connectivity index (χ3n) is 4.13. The Morgan fingerprint density at radius 1 is 1.00 bits per heavy atom. The third-order valence-corrected chi connectivity index (χ3v) is 4.50. The molecule has 1 aromatic heterocycles. The van der Waals surface area contributed by atoms with E-state index in [9.17, 15) is 4.79 Å². The van der Waals surface area contributed by atoms with Gasteiger partial charge in [-0.15, -0.1) is 0 Å². The van der Waals surface area contributed by atoms with Crippen LogP contribution in [0, 0.1) is 6.92 Å². The van der Waals surface area contributed by atoms with Gasteiger partial charge >= 0.3 is 0 Å². The van der Waals surface area contributed by atoms with Crippen LogP contribution in [0.4, 0.5) is 5.69 Å². The van der Waals surface area contributed by atoms with Crippen LogP contribution >= 0.6 is 11.6 Å². The number of anilines is 1. The van der Waals surface area contributed by atoms with Crippen molar-refractivity contribution in [3.05, 3.63) is 94.3 Å². The Morgan fingerprint density at radius 3 is 2.50 bits per heavy atom. The molecule has 0 saturated heterocycles. The largest absolute Gasteiger partial charge is 0.381 e. The summed E-state index contributed by atoms with van der Waals surface area (Å²) in [6.07, 6.45) is 1.63. The molecule has 2 N–H and O–H groups in total. The van der Waals surface area contributed by atoms with Crippen LogP contribution in [0.3, 0.4) is 0 Å². The number of nitrogens with zero attached hydrogens (tertiary/aromatic N) is 1. The zero-order chi connectivity index (χ0) is 18.4. The van der Waals surface area contributed by atoms with Gasteiger partial charge in [-0.25, -0.2) is 0 Å². The zero-order valence-electron chi connectivity index (χ0n) is 14.5. The minimum Gasteiger partial charge on any atom is -0.381 e. The highest BCUT2D eigenvalue weighted by Crippen LogP contribution is 2.15. The van der Waals surface area contributed by atoms with Crippen molar-refractivity contribution < 1.29 is 4.79 Å². The van der Waals surface area contributed by atoms with Gasteiger partial charge in [0.05, 0.1) is 0 Å². The molecule has 1 heterocycles. The molecule has 2 aromatic carbocycles. The summed E-state index contributed by atoms with van der Waals surface area (Å²) in [5.41, 5.74) is 4.54. The first-order valence-electron chi connectivity index (χ1n) is 8.39. The third kappa shape index (κ3) is 4.61. The van der Waals surface area contributed by atoms with E-state index in [1.165, 1.54) is 11.1 Å². The lowest BCUT2D eigenvalue weighted by atomic mass is 10.1. The van der Waals surface area contributed by atoms with Crippen LogP contribution < -0.4 is 10.6 Å². The van der Waals surface area contributed by atoms with Crippen LogP contribution in [-0.2, 0) is 13.1 Å². The second kappa shape index (κ2) is 8.50. The Labute approximate surface area is 158 Å². The summed E-state index contributed by atoms with van der Waals surface area (Å²) < 4.78 is 0. The van der Waals surface area contributed by atoms with Crippen LogP contribution in [0.1, 0.15) is 27.2 Å². The van der Waals surface area contributed by atoms with Gasteiger partial charge in [0.1, 0.15) is 5.69 Å². The lowest BCUT2D eigenvalue weighted by Crippen LogP contribution is -2.24. The van der Waals surface area contributed by atoms with Crippen molar-refractivity contribution in [2.24, 2.45) is 0 Å². The molecule has 5 heteroatoms. The first-order valence-corrected chi connectivity index (χ1v) is 8.77. The van der Waals surface area contributed by atoms with E-state index in [4.69, 9.17) is 11.6 Å². The summed E-state index contributed by atoms with van der Waals surface area (Å²) in [5, 5.41) is 6.83. The maximum absolute atomic E-state index is 12.4. The maximum atomic E-state index is 12.4. The Morgan fingerprint density at radius 2 is 1.73 bits per heavy atom. The highest BCUT2D eigenvalue weighted by atomic mass is 35.5. The van der Waals surface area contributed by atoms with Gasteiger partial charge in [0.15, 0.2) is 0 Å². The summed E-state index contributed by atoms with van der Waals surface area (Å²) in [6, 6.07) is 19.2. The van der Waals surface area contributed by atoms with Gasteiger partial charge in [-0.3, -0.25) is 9.78 Å². The fourth-order valence-electron chi connectivity index (χ4n) is 2.58. The number of nitrogens with one attached hydrogen (secondary N) is 2. The molecule has 3 rings (SSSR count). The number of hydrogen-bond donors (Lipinski definition) is 2. The first-order chi connectivity index (χ1) is 12.6. The van der Waals surface area contributed by atoms with E-state index in [2.05, 4.69) is 34.7 Å². The summed E-state index contributed by atoms with van der Waals surface area (Å²) in [5.74, 6) is -0.232. The number of hydrogen-bond acceptors (Lipinski definition) is 3. The van der Waals surface area contributed by atoms with Crippen LogP contribution in [0.25, 0.3) is 0 Å². The van der Waals surface area contributed by atoms with Crippen LogP contribution in [0.5, 0.6) is 0 Å². The Hall–Kier alpha value is -2.85. The Bertz CT molecular complexity index is 911. The van der Waals surface area contributed by atoms with E-state index < -0.39 is 0 Å². The standard InChI is InChI=1S/C21H20ClN3O/c1-15-6-2-3-7-16(15)13-24-18-10-11-23-20(12-18)21(26)25-14-17-8-4-5-9-19(17)22/h2-12H,13-14H2,1H3,(H,23,24)(H,25,26). The number of carbonyl (C=O) groups excluding carboxylic acids is 1. The highest BCUT2D eigenvalue weighted by molar-refractivity contribution is 6.31. The lowest BCUT2D eigenvalue weighted by molar-refractivity contribution is 0.0946. The normalized spacial score (nSPS) is 10.4. The Balaban J connectivity index is 1.62. The number of halogens is 1. The molecule has 26 heavy (non-hydrogen) atoms. The second-order valence-electron chi connectivity index (χ2n) is 5.98. The lowest BCUT2D eigenvalue weighted by Gasteiger charge is -2.10. The molecule has 3 aromatic rings. The van der Waals surface area contributed by atoms with Crippen LogP contribution in [-0.4, -0.2) is 10.9 Å². The number of aromatic nitrogens is 1. The first kappa shape index (κ1) is 18.0. The number of pyridine rings is 1. The van der Waals surface area contributed by atoms with E-state index in [0.29, 0.717) is 23.8 Å². The molecular weight excluding hydrogens is 346 g/mol. The molecule has 0 atom stereocenters. The second-order valence-corrected chi connectivity index (χ2v) is 6.39. The Kier molecular flexibility index (Phi) is 5.87. The molecule has 0 fully saturated rings. The predicted octanol–water partition coefficient (Wildman–Crippen LogP) is 4.59. The van der Waals surface area contributed by atoms with Crippen molar-refractivity contribution in [1.29, 1.82) is 0 Å². The van der Waals surface area contributed by atoms with E-state index >= 15 is 0 Å². The summed E-state index contributed by atoms with van der Waals surface area (Å²) >= 11 is 6.11. The van der Waals surface area contributed by atoms with E-state index in [0.717, 1.165) is 11.3 Å². The number of carbonyl (C=O) groups is 1. The molecule has 0 aliphatic carbocycles. The van der Waals surface area contributed by atoms with Crippen LogP contribution in [0.15, 0.2) is 66.9 Å². The molecule has 0 aliphatic rings. The average Bonchev–Trinajstić information content (AvgIpc) is 2.67. The van der Waals surface area contributed by atoms with Crippen molar-refractivity contribution in [2.45, 2.75) is 20.0 Å². The van der Waals surface area contributed by atoms with Gasteiger partial charge in [0.25, 0.3) is 5.91 Å². The van der Waals surface area contributed by atoms with Gasteiger partial charge in [-0.05, 0) is 41.8 Å². The molecule has 1 amide bonds. The number of aryl methyl sites for hydroxylation is 1. The number of amides is 1. The number of benzene rings is 2. The fraction of sp³-hybridized carbons (Fsp3) is 0.143. The molecule has 0 spiro atoms. The summed E-state index contributed by atoms with van der Waals surface area (Å²) in [4.78, 5) is 16.5. The molecular formula is C21H20ClN3O. The van der Waals surface area contributed by atoms with Gasteiger partial charge in [-0.1, -0.05) is 54.1 Å². The van der Waals surface area contributed by atoms with E-state index in [1.54, 1.807) is 18.3 Å². The van der Waals surface area contributed by atoms with E-state index in [-0.39, 0.29) is 5.91 Å². The molecule has 0 aliphatic heterocycles. The van der Waals surface area contributed by atoms with Crippen LogP contribution in [0.2, 0.25) is 5.02 Å². The van der Waals surface area contributed by atoms with Crippen molar-refractivity contribution in [3.63, 3.8) is 0 Å². The minimum absolute atomic E-state index is 0.232. The molecule has 0 saturated carbocycles. The van der Waals surface area contributed by atoms with Crippen molar-refractivity contribution in [2.75, 3.05) is 5.32 Å². The molecule has 132 valence electrons. The van der Waals surface area contributed by atoms with Gasteiger partial charge in [0.2, 0.25) is 0 Å². The van der Waals surface area contributed by atoms with Crippen molar-refractivity contribution >= 4 is 23.2 Å². The fourth-order valence-corrected chi connectivity index (χ4v) is 2.78. The molecule has 4 nitrogen and oxygen atoms in total. The minimum atomic E-state index is -0.232.